The SMILES string of the molecule is CCCCN(CC1CCC(C(C)CCC2CCCC(CC)C2)CC1)C1CC=C(C2=C[C@H](CC)CCC2)C1. The van der Waals surface area contributed by atoms with Crippen LogP contribution in [0.25, 0.3) is 0 Å². The standard InChI is InChI=1S/C36H63N/c1-5-8-23-37(36-22-21-35(26-36)34-14-10-12-30(7-3)25-34)27-32-17-19-33(20-18-32)28(4)15-16-31-13-9-11-29(6-2)24-31/h21,25,28-33,36H,5-20,22-24,26-27H2,1-4H3/t28?,29?,30-,31?,32?,33?,36?/m1/s1. The summed E-state index contributed by atoms with van der Waals surface area (Å²) in [5.74, 6) is 5.84. The van der Waals surface area contributed by atoms with E-state index < -0.39 is 0 Å². The van der Waals surface area contributed by atoms with Gasteiger partial charge in [0.05, 0.1) is 0 Å². The van der Waals surface area contributed by atoms with Crippen LogP contribution in [-0.4, -0.2) is 24.0 Å². The van der Waals surface area contributed by atoms with Crippen LogP contribution in [0, 0.1) is 35.5 Å². The molecule has 0 amide bonds. The van der Waals surface area contributed by atoms with Gasteiger partial charge in [0.25, 0.3) is 0 Å². The molecule has 0 spiro atoms. The first-order chi connectivity index (χ1) is 18.1. The Kier molecular flexibility index (Phi) is 12.2. The number of nitrogens with zero attached hydrogens (tertiary/aromatic N) is 1. The summed E-state index contributed by atoms with van der Waals surface area (Å²) < 4.78 is 0. The van der Waals surface area contributed by atoms with Crippen molar-refractivity contribution in [2.75, 3.05) is 13.1 Å². The number of rotatable bonds is 13. The Bertz CT molecular complexity index is 710. The molecule has 2 saturated carbocycles. The first-order valence-electron chi connectivity index (χ1n) is 17.2. The molecule has 0 saturated heterocycles. The predicted molar refractivity (Wildman–Crippen MR) is 163 cm³/mol. The molecule has 4 aliphatic carbocycles. The molecular weight excluding hydrogens is 446 g/mol. The van der Waals surface area contributed by atoms with Crippen LogP contribution in [0.1, 0.15) is 150 Å². The minimum absolute atomic E-state index is 0.781. The van der Waals surface area contributed by atoms with Crippen LogP contribution in [0.3, 0.4) is 0 Å². The summed E-state index contributed by atoms with van der Waals surface area (Å²) in [6.07, 6.45) is 32.7. The summed E-state index contributed by atoms with van der Waals surface area (Å²) in [5.41, 5.74) is 3.45. The third-order valence-corrected chi connectivity index (χ3v) is 11.5. The van der Waals surface area contributed by atoms with Crippen molar-refractivity contribution in [3.63, 3.8) is 0 Å². The summed E-state index contributed by atoms with van der Waals surface area (Å²) in [5, 5.41) is 0. The fourth-order valence-electron chi connectivity index (χ4n) is 8.66. The predicted octanol–water partition coefficient (Wildman–Crippen LogP) is 10.8. The van der Waals surface area contributed by atoms with Gasteiger partial charge in [-0.2, -0.15) is 0 Å². The Labute approximate surface area is 232 Å². The van der Waals surface area contributed by atoms with Crippen molar-refractivity contribution in [3.05, 3.63) is 23.3 Å². The van der Waals surface area contributed by atoms with E-state index in [4.69, 9.17) is 0 Å². The van der Waals surface area contributed by atoms with Crippen molar-refractivity contribution < 1.29 is 0 Å². The van der Waals surface area contributed by atoms with Crippen LogP contribution in [0.15, 0.2) is 23.3 Å². The van der Waals surface area contributed by atoms with E-state index in [2.05, 4.69) is 44.7 Å². The molecular formula is C36H63N. The van der Waals surface area contributed by atoms with Crippen LogP contribution in [0.4, 0.5) is 0 Å². The molecule has 37 heavy (non-hydrogen) atoms. The van der Waals surface area contributed by atoms with Crippen molar-refractivity contribution in [1.82, 2.24) is 4.90 Å². The monoisotopic (exact) mass is 509 g/mol. The molecule has 4 unspecified atom stereocenters. The molecule has 0 aromatic carbocycles. The average Bonchev–Trinajstić information content (AvgIpc) is 3.45. The molecule has 0 N–H and O–H groups in total. The number of hydrogen-bond acceptors (Lipinski definition) is 1. The van der Waals surface area contributed by atoms with E-state index in [1.165, 1.54) is 135 Å². The highest BCUT2D eigenvalue weighted by atomic mass is 15.2. The second-order valence-corrected chi connectivity index (χ2v) is 14.1. The normalized spacial score (nSPS) is 33.9. The van der Waals surface area contributed by atoms with Crippen LogP contribution < -0.4 is 0 Å². The van der Waals surface area contributed by atoms with E-state index in [9.17, 15) is 0 Å². The van der Waals surface area contributed by atoms with E-state index in [0.29, 0.717) is 0 Å². The Morgan fingerprint density at radius 1 is 0.865 bits per heavy atom. The lowest BCUT2D eigenvalue weighted by Crippen LogP contribution is -2.39. The second-order valence-electron chi connectivity index (χ2n) is 14.1. The maximum Gasteiger partial charge on any atom is 0.0170 e. The van der Waals surface area contributed by atoms with Gasteiger partial charge in [0, 0.05) is 12.6 Å². The Hall–Kier alpha value is -0.560. The highest BCUT2D eigenvalue weighted by molar-refractivity contribution is 5.36. The van der Waals surface area contributed by atoms with Crippen LogP contribution in [-0.2, 0) is 0 Å². The van der Waals surface area contributed by atoms with Gasteiger partial charge in [-0.15, -0.1) is 0 Å². The minimum Gasteiger partial charge on any atom is -0.299 e. The third kappa shape index (κ3) is 8.71. The Morgan fingerprint density at radius 3 is 2.43 bits per heavy atom. The zero-order chi connectivity index (χ0) is 26.0. The summed E-state index contributed by atoms with van der Waals surface area (Å²) >= 11 is 0. The second kappa shape index (κ2) is 15.3. The minimum atomic E-state index is 0.781. The Morgan fingerprint density at radius 2 is 1.68 bits per heavy atom. The van der Waals surface area contributed by atoms with E-state index in [-0.39, 0.29) is 0 Å². The van der Waals surface area contributed by atoms with Crippen LogP contribution in [0.2, 0.25) is 0 Å². The average molecular weight is 510 g/mol. The van der Waals surface area contributed by atoms with Gasteiger partial charge in [0.2, 0.25) is 0 Å². The fourth-order valence-corrected chi connectivity index (χ4v) is 8.66. The molecule has 5 atom stereocenters. The van der Waals surface area contributed by atoms with E-state index in [1.807, 2.05) is 0 Å². The lowest BCUT2D eigenvalue weighted by molar-refractivity contribution is 0.123. The topological polar surface area (TPSA) is 3.24 Å². The van der Waals surface area contributed by atoms with Gasteiger partial charge in [0.1, 0.15) is 0 Å². The third-order valence-electron chi connectivity index (χ3n) is 11.5. The van der Waals surface area contributed by atoms with Gasteiger partial charge in [-0.25, -0.2) is 0 Å². The van der Waals surface area contributed by atoms with Gasteiger partial charge in [-0.1, -0.05) is 84.8 Å². The highest BCUT2D eigenvalue weighted by Gasteiger charge is 2.31. The fraction of sp³-hybridized carbons (Fsp3) is 0.889. The van der Waals surface area contributed by atoms with Crippen LogP contribution >= 0.6 is 0 Å². The van der Waals surface area contributed by atoms with Crippen molar-refractivity contribution >= 4 is 0 Å². The van der Waals surface area contributed by atoms with Gasteiger partial charge in [-0.3, -0.25) is 4.90 Å². The number of allylic oxidation sites excluding steroid dienone is 2. The molecule has 4 aliphatic rings. The first-order valence-corrected chi connectivity index (χ1v) is 17.2. The molecule has 1 nitrogen and oxygen atoms in total. The molecule has 0 radical (unpaired) electrons. The van der Waals surface area contributed by atoms with Crippen LogP contribution in [0.5, 0.6) is 0 Å². The lowest BCUT2D eigenvalue weighted by atomic mass is 9.72. The number of hydrogen-bond donors (Lipinski definition) is 0. The highest BCUT2D eigenvalue weighted by Crippen LogP contribution is 2.40. The maximum atomic E-state index is 2.95. The molecule has 4 rings (SSSR count). The summed E-state index contributed by atoms with van der Waals surface area (Å²) in [4.78, 5) is 2.95. The molecule has 212 valence electrons. The summed E-state index contributed by atoms with van der Waals surface area (Å²) in [6.45, 7) is 12.5. The molecule has 0 aromatic rings. The van der Waals surface area contributed by atoms with Crippen molar-refractivity contribution in [1.29, 1.82) is 0 Å². The zero-order valence-electron chi connectivity index (χ0n) is 25.5. The maximum absolute atomic E-state index is 2.95. The van der Waals surface area contributed by atoms with Gasteiger partial charge in [-0.05, 0) is 130 Å². The summed E-state index contributed by atoms with van der Waals surface area (Å²) in [6, 6.07) is 0.781. The van der Waals surface area contributed by atoms with Crippen molar-refractivity contribution in [2.24, 2.45) is 35.5 Å². The van der Waals surface area contributed by atoms with Gasteiger partial charge in [0.15, 0.2) is 0 Å². The van der Waals surface area contributed by atoms with E-state index in [1.54, 1.807) is 11.1 Å². The molecule has 2 fully saturated rings. The summed E-state index contributed by atoms with van der Waals surface area (Å²) in [7, 11) is 0. The Balaban J connectivity index is 1.21. The molecule has 0 heterocycles. The van der Waals surface area contributed by atoms with Crippen molar-refractivity contribution in [3.8, 4) is 0 Å². The van der Waals surface area contributed by atoms with Crippen molar-refractivity contribution in [2.45, 2.75) is 156 Å². The molecule has 0 aromatic heterocycles. The lowest BCUT2D eigenvalue weighted by Gasteiger charge is -2.38. The smallest absolute Gasteiger partial charge is 0.0170 e. The largest absolute Gasteiger partial charge is 0.299 e. The van der Waals surface area contributed by atoms with Gasteiger partial charge >= 0.3 is 0 Å². The molecule has 1 heteroatoms. The first kappa shape index (κ1) is 29.4. The molecule has 0 bridgehead atoms. The van der Waals surface area contributed by atoms with E-state index >= 15 is 0 Å². The number of unbranched alkanes of at least 4 members (excludes halogenated alkanes) is 1. The zero-order valence-corrected chi connectivity index (χ0v) is 25.5. The van der Waals surface area contributed by atoms with E-state index in [0.717, 1.165) is 41.5 Å². The van der Waals surface area contributed by atoms with Gasteiger partial charge < -0.3 is 0 Å². The molecule has 0 aliphatic heterocycles. The quantitative estimate of drug-likeness (QED) is 0.238.